The van der Waals surface area contributed by atoms with Gasteiger partial charge in [-0.1, -0.05) is 25.1 Å². The van der Waals surface area contributed by atoms with Crippen LogP contribution < -0.4 is 10.1 Å². The monoisotopic (exact) mass is 327 g/mol. The van der Waals surface area contributed by atoms with Gasteiger partial charge in [0.1, 0.15) is 11.4 Å². The normalized spacial score (nSPS) is 16.0. The third-order valence-electron chi connectivity index (χ3n) is 3.95. The van der Waals surface area contributed by atoms with Gasteiger partial charge in [-0.05, 0) is 12.0 Å². The van der Waals surface area contributed by atoms with Crippen LogP contribution in [0.1, 0.15) is 51.5 Å². The number of carbonyl (C=O) groups excluding carboxylic acids is 1. The minimum absolute atomic E-state index is 0.0830. The summed E-state index contributed by atoms with van der Waals surface area (Å²) < 4.78 is 5.76. The van der Waals surface area contributed by atoms with Crippen molar-refractivity contribution >= 4 is 11.9 Å². The van der Waals surface area contributed by atoms with Crippen molar-refractivity contribution in [1.29, 1.82) is 0 Å². The molecule has 2 aromatic rings. The predicted molar refractivity (Wildman–Crippen MR) is 85.1 cm³/mol. The number of carboxylic acid groups (broad SMARTS) is 1. The number of amides is 1. The summed E-state index contributed by atoms with van der Waals surface area (Å²) in [7, 11) is 0. The summed E-state index contributed by atoms with van der Waals surface area (Å²) in [5.41, 5.74) is 1.94. The first-order chi connectivity index (χ1) is 11.6. The van der Waals surface area contributed by atoms with Crippen molar-refractivity contribution in [2.24, 2.45) is 0 Å². The zero-order valence-electron chi connectivity index (χ0n) is 13.2. The van der Waals surface area contributed by atoms with Crippen molar-refractivity contribution in [3.8, 4) is 5.75 Å². The number of nitrogens with one attached hydrogen (secondary N) is 1. The van der Waals surface area contributed by atoms with Gasteiger partial charge in [-0.2, -0.15) is 0 Å². The second kappa shape index (κ2) is 6.66. The maximum Gasteiger partial charge on any atom is 0.356 e. The molecule has 1 atom stereocenters. The Morgan fingerprint density at radius 1 is 1.29 bits per heavy atom. The van der Waals surface area contributed by atoms with Gasteiger partial charge in [0.2, 0.25) is 0 Å². The number of benzene rings is 1. The number of aromatic nitrogens is 2. The molecule has 0 saturated heterocycles. The van der Waals surface area contributed by atoms with Crippen molar-refractivity contribution < 1.29 is 19.4 Å². The molecule has 0 saturated carbocycles. The van der Waals surface area contributed by atoms with Gasteiger partial charge in [0.05, 0.1) is 25.0 Å². The number of aryl methyl sites for hydroxylation is 1. The van der Waals surface area contributed by atoms with Crippen LogP contribution in [0.4, 0.5) is 0 Å². The molecule has 1 unspecified atom stereocenters. The van der Waals surface area contributed by atoms with Gasteiger partial charge in [-0.25, -0.2) is 14.8 Å². The van der Waals surface area contributed by atoms with Crippen molar-refractivity contribution in [1.82, 2.24) is 15.3 Å². The van der Waals surface area contributed by atoms with E-state index in [1.165, 1.54) is 6.20 Å². The first kappa shape index (κ1) is 15.9. The fourth-order valence-electron chi connectivity index (χ4n) is 2.71. The number of nitrogens with zero attached hydrogens (tertiary/aromatic N) is 2. The lowest BCUT2D eigenvalue weighted by molar-refractivity contribution is 0.0688. The van der Waals surface area contributed by atoms with Crippen LogP contribution in [0.25, 0.3) is 0 Å². The average Bonchev–Trinajstić information content (AvgIpc) is 2.61. The van der Waals surface area contributed by atoms with E-state index >= 15 is 0 Å². The van der Waals surface area contributed by atoms with E-state index < -0.39 is 5.97 Å². The van der Waals surface area contributed by atoms with Crippen molar-refractivity contribution in [2.75, 3.05) is 6.61 Å². The maximum absolute atomic E-state index is 12.4. The Kier molecular flexibility index (Phi) is 4.41. The zero-order valence-corrected chi connectivity index (χ0v) is 13.2. The molecule has 124 valence electrons. The molecule has 2 heterocycles. The third-order valence-corrected chi connectivity index (χ3v) is 3.95. The molecule has 1 aromatic heterocycles. The summed E-state index contributed by atoms with van der Waals surface area (Å²) in [4.78, 5) is 30.7. The van der Waals surface area contributed by atoms with E-state index in [0.717, 1.165) is 29.5 Å². The molecule has 2 N–H and O–H groups in total. The molecule has 3 rings (SSSR count). The van der Waals surface area contributed by atoms with Crippen LogP contribution in [0.15, 0.2) is 30.6 Å². The Bertz CT molecular complexity index is 774. The summed E-state index contributed by atoms with van der Waals surface area (Å²) >= 11 is 0. The number of hydrogen-bond donors (Lipinski definition) is 2. The lowest BCUT2D eigenvalue weighted by atomic mass is 9.96. The van der Waals surface area contributed by atoms with Crippen LogP contribution in [0.3, 0.4) is 0 Å². The van der Waals surface area contributed by atoms with Crippen LogP contribution >= 0.6 is 0 Å². The minimum atomic E-state index is -1.18. The van der Waals surface area contributed by atoms with E-state index in [-0.39, 0.29) is 23.3 Å². The molecule has 7 heteroatoms. The molecule has 0 radical (unpaired) electrons. The second-order valence-electron chi connectivity index (χ2n) is 5.44. The number of aromatic carboxylic acids is 1. The number of carboxylic acids is 1. The molecule has 0 aliphatic carbocycles. The highest BCUT2D eigenvalue weighted by atomic mass is 16.5. The van der Waals surface area contributed by atoms with Crippen molar-refractivity contribution in [3.05, 3.63) is 53.1 Å². The number of para-hydroxylation sites is 1. The maximum atomic E-state index is 12.4. The Labute approximate surface area is 138 Å². The van der Waals surface area contributed by atoms with Crippen LogP contribution in [-0.4, -0.2) is 33.6 Å². The van der Waals surface area contributed by atoms with Crippen LogP contribution in [0.2, 0.25) is 0 Å². The van der Waals surface area contributed by atoms with E-state index in [9.17, 15) is 9.59 Å². The Balaban J connectivity index is 1.80. The number of carbonyl (C=O) groups is 2. The molecular formula is C17H17N3O4. The van der Waals surface area contributed by atoms with Crippen LogP contribution in [-0.2, 0) is 6.42 Å². The number of hydrogen-bond acceptors (Lipinski definition) is 5. The lowest BCUT2D eigenvalue weighted by Crippen LogP contribution is -2.33. The quantitative estimate of drug-likeness (QED) is 0.890. The molecule has 1 aromatic carbocycles. The standard InChI is InChI=1S/C17H17N3O4/c1-2-10-4-3-5-11-12(6-7-24-15(10)11)20-16(21)13-8-19-14(9-18-13)17(22)23/h3-5,8-9,12H,2,6-7H2,1H3,(H,20,21)(H,22,23). The van der Waals surface area contributed by atoms with Gasteiger partial charge in [-0.15, -0.1) is 0 Å². The van der Waals surface area contributed by atoms with Gasteiger partial charge < -0.3 is 15.2 Å². The van der Waals surface area contributed by atoms with Gasteiger partial charge in [0.25, 0.3) is 5.91 Å². The Morgan fingerprint density at radius 3 is 2.71 bits per heavy atom. The fourth-order valence-corrected chi connectivity index (χ4v) is 2.71. The second-order valence-corrected chi connectivity index (χ2v) is 5.44. The molecule has 0 spiro atoms. The van der Waals surface area contributed by atoms with E-state index in [1.807, 2.05) is 18.2 Å². The van der Waals surface area contributed by atoms with E-state index in [1.54, 1.807) is 0 Å². The Morgan fingerprint density at radius 2 is 2.04 bits per heavy atom. The topological polar surface area (TPSA) is 101 Å². The van der Waals surface area contributed by atoms with Gasteiger partial charge in [-0.3, -0.25) is 4.79 Å². The van der Waals surface area contributed by atoms with E-state index in [2.05, 4.69) is 22.2 Å². The first-order valence-corrected chi connectivity index (χ1v) is 7.71. The SMILES string of the molecule is CCc1cccc2c1OCCC2NC(=O)c1cnc(C(=O)O)cn1. The molecule has 1 aliphatic rings. The average molecular weight is 327 g/mol. The summed E-state index contributed by atoms with van der Waals surface area (Å²) in [6.07, 6.45) is 3.75. The molecule has 24 heavy (non-hydrogen) atoms. The largest absolute Gasteiger partial charge is 0.493 e. The number of fused-ring (bicyclic) bond motifs is 1. The summed E-state index contributed by atoms with van der Waals surface area (Å²) in [6.45, 7) is 2.58. The van der Waals surface area contributed by atoms with Crippen LogP contribution in [0.5, 0.6) is 5.75 Å². The summed E-state index contributed by atoms with van der Waals surface area (Å²) in [6, 6.07) is 5.73. The molecule has 7 nitrogen and oxygen atoms in total. The predicted octanol–water partition coefficient (Wildman–Crippen LogP) is 1.99. The first-order valence-electron chi connectivity index (χ1n) is 7.71. The zero-order chi connectivity index (χ0) is 17.1. The van der Waals surface area contributed by atoms with Gasteiger partial charge in [0.15, 0.2) is 5.69 Å². The van der Waals surface area contributed by atoms with E-state index in [0.29, 0.717) is 13.0 Å². The molecule has 0 fully saturated rings. The summed E-state index contributed by atoms with van der Waals surface area (Å²) in [5, 5.41) is 11.7. The molecule has 1 amide bonds. The lowest BCUT2D eigenvalue weighted by Gasteiger charge is -2.28. The highest BCUT2D eigenvalue weighted by molar-refractivity contribution is 5.93. The fraction of sp³-hybridized carbons (Fsp3) is 0.294. The highest BCUT2D eigenvalue weighted by Gasteiger charge is 2.25. The van der Waals surface area contributed by atoms with Crippen LogP contribution in [0, 0.1) is 0 Å². The highest BCUT2D eigenvalue weighted by Crippen LogP contribution is 2.35. The number of rotatable bonds is 4. The third kappa shape index (κ3) is 3.05. The van der Waals surface area contributed by atoms with E-state index in [4.69, 9.17) is 9.84 Å². The van der Waals surface area contributed by atoms with Gasteiger partial charge in [0, 0.05) is 12.0 Å². The smallest absolute Gasteiger partial charge is 0.356 e. The molecular weight excluding hydrogens is 310 g/mol. The van der Waals surface area contributed by atoms with Crippen molar-refractivity contribution in [3.63, 3.8) is 0 Å². The molecule has 0 bridgehead atoms. The summed E-state index contributed by atoms with van der Waals surface area (Å²) in [5.74, 6) is -0.733. The number of ether oxygens (including phenoxy) is 1. The molecule has 1 aliphatic heterocycles. The minimum Gasteiger partial charge on any atom is -0.493 e. The van der Waals surface area contributed by atoms with Crippen molar-refractivity contribution in [2.45, 2.75) is 25.8 Å². The Hall–Kier alpha value is -2.96. The van der Waals surface area contributed by atoms with Gasteiger partial charge >= 0.3 is 5.97 Å².